The van der Waals surface area contributed by atoms with Crippen molar-refractivity contribution in [1.82, 2.24) is 19.2 Å². The van der Waals surface area contributed by atoms with Crippen molar-refractivity contribution in [2.75, 3.05) is 25.9 Å². The first-order chi connectivity index (χ1) is 11.8. The lowest BCUT2D eigenvalue weighted by Crippen LogP contribution is -2.32. The monoisotopic (exact) mass is 384 g/mol. The predicted octanol–water partition coefficient (Wildman–Crippen LogP) is 1.95. The zero-order valence-electron chi connectivity index (χ0n) is 14.9. The smallest absolute Gasteiger partial charge is 0.253 e. The van der Waals surface area contributed by atoms with Crippen LogP contribution in [0.4, 0.5) is 0 Å². The van der Waals surface area contributed by atoms with Gasteiger partial charge in [-0.3, -0.25) is 9.36 Å². The van der Waals surface area contributed by atoms with E-state index >= 15 is 0 Å². The molecule has 0 aromatic carbocycles. The summed E-state index contributed by atoms with van der Waals surface area (Å²) in [5.41, 5.74) is 2.41. The number of aryl methyl sites for hydroxylation is 1. The summed E-state index contributed by atoms with van der Waals surface area (Å²) in [6.45, 7) is 6.25. The molecule has 0 aliphatic carbocycles. The molecule has 0 radical (unpaired) electrons. The maximum atomic E-state index is 12.4. The average molecular weight is 385 g/mol. The third kappa shape index (κ3) is 4.47. The van der Waals surface area contributed by atoms with E-state index in [1.54, 1.807) is 20.2 Å². The molecule has 138 valence electrons. The van der Waals surface area contributed by atoms with Gasteiger partial charge in [-0.2, -0.15) is 0 Å². The molecule has 0 unspecified atom stereocenters. The molecule has 2 aromatic heterocycles. The number of hydrogen-bond acceptors (Lipinski definition) is 5. The summed E-state index contributed by atoms with van der Waals surface area (Å²) in [5.74, 6) is -0.0737. The van der Waals surface area contributed by atoms with Crippen molar-refractivity contribution in [1.29, 1.82) is 0 Å². The highest BCUT2D eigenvalue weighted by atomic mass is 32.2. The second-order valence-corrected chi connectivity index (χ2v) is 9.00. The van der Waals surface area contributed by atoms with E-state index in [-0.39, 0.29) is 11.7 Å². The topological polar surface area (TPSA) is 84.3 Å². The molecule has 0 bridgehead atoms. The normalized spacial score (nSPS) is 11.9. The molecule has 0 saturated carbocycles. The third-order valence-electron chi connectivity index (χ3n) is 4.06. The molecule has 0 aliphatic rings. The Hall–Kier alpha value is -1.71. The van der Waals surface area contributed by atoms with E-state index in [2.05, 4.69) is 10.3 Å². The molecule has 0 aliphatic heterocycles. The summed E-state index contributed by atoms with van der Waals surface area (Å²) in [7, 11) is -1.62. The van der Waals surface area contributed by atoms with Crippen LogP contribution >= 0.6 is 11.3 Å². The van der Waals surface area contributed by atoms with Gasteiger partial charge in [0.1, 0.15) is 0 Å². The van der Waals surface area contributed by atoms with Gasteiger partial charge in [-0.25, -0.2) is 17.7 Å². The van der Waals surface area contributed by atoms with Crippen LogP contribution in [-0.2, 0) is 10.0 Å². The van der Waals surface area contributed by atoms with Gasteiger partial charge < -0.3 is 5.32 Å². The van der Waals surface area contributed by atoms with Crippen molar-refractivity contribution in [3.63, 3.8) is 0 Å². The first-order valence-corrected chi connectivity index (χ1v) is 10.6. The number of carbonyl (C=O) groups excluding carboxylic acids is 1. The largest absolute Gasteiger partial charge is 0.352 e. The first-order valence-electron chi connectivity index (χ1n) is 8.09. The Balaban J connectivity index is 1.95. The lowest BCUT2D eigenvalue weighted by atomic mass is 10.2. The van der Waals surface area contributed by atoms with Crippen molar-refractivity contribution in [2.24, 2.45) is 0 Å². The minimum atomic E-state index is -3.17. The quantitative estimate of drug-likeness (QED) is 0.705. The van der Waals surface area contributed by atoms with Crippen LogP contribution in [0, 0.1) is 13.8 Å². The van der Waals surface area contributed by atoms with Gasteiger partial charge >= 0.3 is 0 Å². The van der Waals surface area contributed by atoms with Crippen LogP contribution in [0.15, 0.2) is 17.6 Å². The number of nitrogens with zero attached hydrogens (tertiary/aromatic N) is 3. The van der Waals surface area contributed by atoms with E-state index in [1.165, 1.54) is 15.6 Å². The van der Waals surface area contributed by atoms with E-state index in [0.29, 0.717) is 25.1 Å². The first kappa shape index (κ1) is 19.6. The Bertz CT molecular complexity index is 826. The van der Waals surface area contributed by atoms with Crippen LogP contribution in [0.25, 0.3) is 5.13 Å². The van der Waals surface area contributed by atoms with Crippen molar-refractivity contribution in [2.45, 2.75) is 27.2 Å². The van der Waals surface area contributed by atoms with Crippen molar-refractivity contribution in [3.05, 3.63) is 34.6 Å². The highest BCUT2D eigenvalue weighted by Crippen LogP contribution is 2.22. The molecular formula is C16H24N4O3S2. The molecule has 1 N–H and O–H groups in total. The molecule has 0 atom stereocenters. The van der Waals surface area contributed by atoms with Crippen molar-refractivity contribution >= 4 is 27.3 Å². The molecule has 2 rings (SSSR count). The minimum absolute atomic E-state index is 0.0819. The van der Waals surface area contributed by atoms with Gasteiger partial charge in [-0.1, -0.05) is 0 Å². The van der Waals surface area contributed by atoms with Crippen LogP contribution in [0.1, 0.15) is 35.1 Å². The van der Waals surface area contributed by atoms with Gasteiger partial charge in [0.05, 0.1) is 11.3 Å². The summed E-state index contributed by atoms with van der Waals surface area (Å²) < 4.78 is 26.6. The summed E-state index contributed by atoms with van der Waals surface area (Å²) in [6.07, 6.45) is 2.30. The zero-order chi connectivity index (χ0) is 18.6. The van der Waals surface area contributed by atoms with Crippen molar-refractivity contribution in [3.8, 4) is 5.13 Å². The fraction of sp³-hybridized carbons (Fsp3) is 0.500. The Morgan fingerprint density at radius 2 is 2.12 bits per heavy atom. The van der Waals surface area contributed by atoms with Crippen LogP contribution in [0.3, 0.4) is 0 Å². The number of rotatable bonds is 8. The standard InChI is InChI=1S/C16H24N4O3S2/c1-5-25(22,23)19(4)9-6-7-17-15(21)14-11-12(2)20(13(14)3)16-18-8-10-24-16/h8,10-11H,5-7,9H2,1-4H3,(H,17,21). The second kappa shape index (κ2) is 8.11. The number of hydrogen-bond donors (Lipinski definition) is 1. The number of nitrogens with one attached hydrogen (secondary N) is 1. The van der Waals surface area contributed by atoms with Crippen LogP contribution in [0.5, 0.6) is 0 Å². The molecule has 1 amide bonds. The summed E-state index contributed by atoms with van der Waals surface area (Å²) in [5, 5.41) is 5.59. The molecule has 0 fully saturated rings. The molecule has 9 heteroatoms. The van der Waals surface area contributed by atoms with E-state index in [1.807, 2.05) is 29.9 Å². The Morgan fingerprint density at radius 3 is 2.72 bits per heavy atom. The van der Waals surface area contributed by atoms with Gasteiger partial charge in [0.15, 0.2) is 5.13 Å². The number of thiazole rings is 1. The Labute approximate surface area is 152 Å². The molecule has 0 saturated heterocycles. The maximum absolute atomic E-state index is 12.4. The van der Waals surface area contributed by atoms with Gasteiger partial charge in [0.2, 0.25) is 10.0 Å². The lowest BCUT2D eigenvalue weighted by Gasteiger charge is -2.15. The van der Waals surface area contributed by atoms with Crippen LogP contribution in [-0.4, -0.2) is 54.1 Å². The number of sulfonamides is 1. The summed E-state index contributed by atoms with van der Waals surface area (Å²) in [6, 6.07) is 1.85. The Kier molecular flexibility index (Phi) is 6.36. The molecule has 2 heterocycles. The summed E-state index contributed by atoms with van der Waals surface area (Å²) in [4.78, 5) is 16.7. The predicted molar refractivity (Wildman–Crippen MR) is 100.0 cm³/mol. The second-order valence-electron chi connectivity index (χ2n) is 5.77. The highest BCUT2D eigenvalue weighted by molar-refractivity contribution is 7.89. The lowest BCUT2D eigenvalue weighted by molar-refractivity contribution is 0.0952. The molecular weight excluding hydrogens is 360 g/mol. The van der Waals surface area contributed by atoms with Gasteiger partial charge in [0.25, 0.3) is 5.91 Å². The summed E-state index contributed by atoms with van der Waals surface area (Å²) >= 11 is 1.52. The molecule has 7 nitrogen and oxygen atoms in total. The number of amides is 1. The van der Waals surface area contributed by atoms with E-state index in [4.69, 9.17) is 0 Å². The highest BCUT2D eigenvalue weighted by Gasteiger charge is 2.18. The third-order valence-corrected chi connectivity index (χ3v) is 6.68. The van der Waals surface area contributed by atoms with Gasteiger partial charge in [-0.15, -0.1) is 11.3 Å². The fourth-order valence-electron chi connectivity index (χ4n) is 2.57. The maximum Gasteiger partial charge on any atom is 0.253 e. The van der Waals surface area contributed by atoms with Gasteiger partial charge in [0, 0.05) is 43.1 Å². The number of aromatic nitrogens is 2. The van der Waals surface area contributed by atoms with E-state index in [0.717, 1.165) is 16.5 Å². The van der Waals surface area contributed by atoms with Gasteiger partial charge in [-0.05, 0) is 33.3 Å². The molecule has 0 spiro atoms. The SMILES string of the molecule is CCS(=O)(=O)N(C)CCCNC(=O)c1cc(C)n(-c2nccs2)c1C. The van der Waals surface area contributed by atoms with E-state index in [9.17, 15) is 13.2 Å². The van der Waals surface area contributed by atoms with E-state index < -0.39 is 10.0 Å². The molecule has 2 aromatic rings. The fourth-order valence-corrected chi connectivity index (χ4v) is 4.17. The Morgan fingerprint density at radius 1 is 1.40 bits per heavy atom. The van der Waals surface area contributed by atoms with Crippen LogP contribution in [0.2, 0.25) is 0 Å². The number of carbonyl (C=O) groups is 1. The average Bonchev–Trinajstić information content (AvgIpc) is 3.18. The minimum Gasteiger partial charge on any atom is -0.352 e. The van der Waals surface area contributed by atoms with Crippen molar-refractivity contribution < 1.29 is 13.2 Å². The zero-order valence-corrected chi connectivity index (χ0v) is 16.6. The molecule has 25 heavy (non-hydrogen) atoms. The van der Waals surface area contributed by atoms with Crippen LogP contribution < -0.4 is 5.32 Å².